The summed E-state index contributed by atoms with van der Waals surface area (Å²) in [4.78, 5) is 12.5. The molecule has 1 aromatic heterocycles. The molecule has 0 aliphatic carbocycles. The van der Waals surface area contributed by atoms with E-state index in [1.807, 2.05) is 25.1 Å². The van der Waals surface area contributed by atoms with E-state index in [2.05, 4.69) is 11.4 Å². The third-order valence-corrected chi connectivity index (χ3v) is 4.34. The van der Waals surface area contributed by atoms with Crippen molar-refractivity contribution >= 4 is 10.9 Å². The van der Waals surface area contributed by atoms with Gasteiger partial charge < -0.3 is 4.74 Å². The van der Waals surface area contributed by atoms with E-state index in [1.54, 1.807) is 17.7 Å². The standard InChI is InChI=1S/C17H19N3O2/c1-11-7-17(21)20(16-8-12(10-18)5-6-19-16)15-9-13(22-2)3-4-14(11)15/h3-4,7,9,12,16,19H,5-6,8H2,1-2H3. The summed E-state index contributed by atoms with van der Waals surface area (Å²) in [6.45, 7) is 2.68. The van der Waals surface area contributed by atoms with Gasteiger partial charge in [0.1, 0.15) is 5.75 Å². The van der Waals surface area contributed by atoms with E-state index in [-0.39, 0.29) is 17.6 Å². The van der Waals surface area contributed by atoms with E-state index in [9.17, 15) is 10.1 Å². The number of piperidine rings is 1. The minimum absolute atomic E-state index is 0.0138. The third-order valence-electron chi connectivity index (χ3n) is 4.34. The number of nitrogens with one attached hydrogen (secondary N) is 1. The average Bonchev–Trinajstić information content (AvgIpc) is 2.54. The van der Waals surface area contributed by atoms with Crippen LogP contribution in [-0.4, -0.2) is 18.2 Å². The number of nitriles is 1. The van der Waals surface area contributed by atoms with Gasteiger partial charge in [-0.3, -0.25) is 14.7 Å². The summed E-state index contributed by atoms with van der Waals surface area (Å²) in [6, 6.07) is 9.75. The largest absolute Gasteiger partial charge is 0.497 e. The summed E-state index contributed by atoms with van der Waals surface area (Å²) in [5.41, 5.74) is 1.75. The molecule has 1 aliphatic heterocycles. The Bertz CT molecular complexity index is 804. The molecule has 0 amide bonds. The lowest BCUT2D eigenvalue weighted by atomic mass is 9.97. The molecule has 1 aromatic carbocycles. The summed E-state index contributed by atoms with van der Waals surface area (Å²) in [6.07, 6.45) is 1.32. The lowest BCUT2D eigenvalue weighted by Crippen LogP contribution is -2.40. The first kappa shape index (κ1) is 14.6. The molecule has 0 radical (unpaired) electrons. The first-order valence-electron chi connectivity index (χ1n) is 7.47. The van der Waals surface area contributed by atoms with Crippen LogP contribution in [-0.2, 0) is 0 Å². The molecule has 2 heterocycles. The van der Waals surface area contributed by atoms with Crippen LogP contribution in [0, 0.1) is 24.2 Å². The first-order valence-corrected chi connectivity index (χ1v) is 7.47. The Balaban J connectivity index is 2.19. The maximum Gasteiger partial charge on any atom is 0.252 e. The van der Waals surface area contributed by atoms with Gasteiger partial charge in [0.2, 0.25) is 0 Å². The highest BCUT2D eigenvalue weighted by molar-refractivity contribution is 5.83. The number of methoxy groups -OCH3 is 1. The number of nitrogens with zero attached hydrogens (tertiary/aromatic N) is 2. The normalized spacial score (nSPS) is 21.5. The number of ether oxygens (including phenoxy) is 1. The minimum Gasteiger partial charge on any atom is -0.497 e. The van der Waals surface area contributed by atoms with E-state index in [1.165, 1.54) is 0 Å². The molecule has 2 atom stereocenters. The van der Waals surface area contributed by atoms with Gasteiger partial charge in [0.15, 0.2) is 0 Å². The molecule has 0 bridgehead atoms. The smallest absolute Gasteiger partial charge is 0.252 e. The van der Waals surface area contributed by atoms with Gasteiger partial charge in [-0.1, -0.05) is 0 Å². The second-order valence-electron chi connectivity index (χ2n) is 5.74. The molecular formula is C17H19N3O2. The van der Waals surface area contributed by atoms with Crippen molar-refractivity contribution in [2.45, 2.75) is 25.9 Å². The molecule has 5 nitrogen and oxygen atoms in total. The van der Waals surface area contributed by atoms with Crippen LogP contribution in [0.2, 0.25) is 0 Å². The van der Waals surface area contributed by atoms with Crippen molar-refractivity contribution in [1.29, 1.82) is 5.26 Å². The molecule has 3 rings (SSSR count). The predicted octanol–water partition coefficient (Wildman–Crippen LogP) is 2.34. The number of pyridine rings is 1. The van der Waals surface area contributed by atoms with Gasteiger partial charge in [-0.15, -0.1) is 0 Å². The monoisotopic (exact) mass is 297 g/mol. The zero-order valence-corrected chi connectivity index (χ0v) is 12.8. The van der Waals surface area contributed by atoms with Gasteiger partial charge in [0, 0.05) is 17.5 Å². The summed E-state index contributed by atoms with van der Waals surface area (Å²) in [5.74, 6) is 0.707. The second-order valence-corrected chi connectivity index (χ2v) is 5.74. The highest BCUT2D eigenvalue weighted by atomic mass is 16.5. The molecule has 1 N–H and O–H groups in total. The summed E-state index contributed by atoms with van der Waals surface area (Å²) >= 11 is 0. The zero-order valence-electron chi connectivity index (χ0n) is 12.8. The number of fused-ring (bicyclic) bond motifs is 1. The highest BCUT2D eigenvalue weighted by Crippen LogP contribution is 2.27. The molecule has 5 heteroatoms. The zero-order chi connectivity index (χ0) is 15.7. The van der Waals surface area contributed by atoms with Crippen molar-refractivity contribution in [1.82, 2.24) is 9.88 Å². The summed E-state index contributed by atoms with van der Waals surface area (Å²) in [7, 11) is 1.62. The lowest BCUT2D eigenvalue weighted by molar-refractivity contribution is 0.282. The van der Waals surface area contributed by atoms with E-state index in [4.69, 9.17) is 4.74 Å². The van der Waals surface area contributed by atoms with Crippen molar-refractivity contribution in [2.75, 3.05) is 13.7 Å². The van der Waals surface area contributed by atoms with E-state index in [0.717, 1.165) is 35.2 Å². The van der Waals surface area contributed by atoms with Crippen LogP contribution in [0.4, 0.5) is 0 Å². The first-order chi connectivity index (χ1) is 10.6. The molecular weight excluding hydrogens is 278 g/mol. The fourth-order valence-electron chi connectivity index (χ4n) is 3.15. The van der Waals surface area contributed by atoms with E-state index < -0.39 is 0 Å². The fraction of sp³-hybridized carbons (Fsp3) is 0.412. The molecule has 22 heavy (non-hydrogen) atoms. The molecule has 114 valence electrons. The molecule has 1 saturated heterocycles. The van der Waals surface area contributed by atoms with Crippen molar-refractivity contribution in [2.24, 2.45) is 5.92 Å². The Kier molecular flexibility index (Phi) is 3.86. The SMILES string of the molecule is COc1ccc2c(C)cc(=O)n(C3CC(C#N)CCN3)c2c1. The van der Waals surface area contributed by atoms with E-state index >= 15 is 0 Å². The van der Waals surface area contributed by atoms with Gasteiger partial charge in [0.25, 0.3) is 5.56 Å². The number of aromatic nitrogens is 1. The maximum atomic E-state index is 12.5. The van der Waals surface area contributed by atoms with Gasteiger partial charge in [-0.25, -0.2) is 0 Å². The average molecular weight is 297 g/mol. The topological polar surface area (TPSA) is 67.0 Å². The van der Waals surface area contributed by atoms with Crippen LogP contribution in [0.1, 0.15) is 24.6 Å². The lowest BCUT2D eigenvalue weighted by Gasteiger charge is -2.29. The quantitative estimate of drug-likeness (QED) is 0.924. The van der Waals surface area contributed by atoms with Crippen LogP contribution in [0.25, 0.3) is 10.9 Å². The van der Waals surface area contributed by atoms with Crippen molar-refractivity contribution in [3.05, 3.63) is 40.2 Å². The maximum absolute atomic E-state index is 12.5. The number of hydrogen-bond donors (Lipinski definition) is 1. The summed E-state index contributed by atoms with van der Waals surface area (Å²) in [5, 5.41) is 13.6. The van der Waals surface area contributed by atoms with Crippen LogP contribution in [0.15, 0.2) is 29.1 Å². The third kappa shape index (κ3) is 2.46. The number of aryl methyl sites for hydroxylation is 1. The van der Waals surface area contributed by atoms with Gasteiger partial charge in [-0.05, 0) is 44.0 Å². The fourth-order valence-corrected chi connectivity index (χ4v) is 3.15. The number of hydrogen-bond acceptors (Lipinski definition) is 4. The van der Waals surface area contributed by atoms with Crippen LogP contribution >= 0.6 is 0 Å². The highest BCUT2D eigenvalue weighted by Gasteiger charge is 2.24. The number of benzene rings is 1. The van der Waals surface area contributed by atoms with Crippen LogP contribution < -0.4 is 15.6 Å². The minimum atomic E-state index is -0.152. The Morgan fingerprint density at radius 1 is 1.41 bits per heavy atom. The predicted molar refractivity (Wildman–Crippen MR) is 84.9 cm³/mol. The molecule has 0 spiro atoms. The Morgan fingerprint density at radius 2 is 2.23 bits per heavy atom. The van der Waals surface area contributed by atoms with Gasteiger partial charge >= 0.3 is 0 Å². The summed E-state index contributed by atoms with van der Waals surface area (Å²) < 4.78 is 7.06. The van der Waals surface area contributed by atoms with E-state index in [0.29, 0.717) is 6.42 Å². The molecule has 2 unspecified atom stereocenters. The van der Waals surface area contributed by atoms with Crippen molar-refractivity contribution in [3.63, 3.8) is 0 Å². The second kappa shape index (κ2) is 5.82. The van der Waals surface area contributed by atoms with Crippen LogP contribution in [0.3, 0.4) is 0 Å². The molecule has 0 saturated carbocycles. The number of rotatable bonds is 2. The van der Waals surface area contributed by atoms with Crippen LogP contribution in [0.5, 0.6) is 5.75 Å². The van der Waals surface area contributed by atoms with Crippen molar-refractivity contribution < 1.29 is 4.74 Å². The Labute approximate surface area is 129 Å². The Hall–Kier alpha value is -2.32. The molecule has 2 aromatic rings. The van der Waals surface area contributed by atoms with Gasteiger partial charge in [0.05, 0.1) is 30.8 Å². The molecule has 1 fully saturated rings. The van der Waals surface area contributed by atoms with Gasteiger partial charge in [-0.2, -0.15) is 5.26 Å². The van der Waals surface area contributed by atoms with Crippen molar-refractivity contribution in [3.8, 4) is 11.8 Å². The molecule has 1 aliphatic rings. The Morgan fingerprint density at radius 3 is 2.95 bits per heavy atom.